The number of aldehydes is 1. The molecule has 0 aliphatic carbocycles. The first kappa shape index (κ1) is 21.9. The molecule has 8 nitrogen and oxygen atoms in total. The lowest BCUT2D eigenvalue weighted by molar-refractivity contribution is -0.142. The summed E-state index contributed by atoms with van der Waals surface area (Å²) in [6, 6.07) is 14.0. The van der Waals surface area contributed by atoms with Gasteiger partial charge < -0.3 is 25.5 Å². The van der Waals surface area contributed by atoms with E-state index in [0.717, 1.165) is 10.9 Å². The third kappa shape index (κ3) is 4.87. The Morgan fingerprint density at radius 2 is 1.87 bits per heavy atom. The second-order valence-electron chi connectivity index (χ2n) is 7.29. The summed E-state index contributed by atoms with van der Waals surface area (Å²) < 4.78 is 1.84. The molecule has 0 aliphatic rings. The number of nitrogens with zero attached hydrogens (tertiary/aromatic N) is 1. The first-order chi connectivity index (χ1) is 14.8. The molecule has 8 heteroatoms. The van der Waals surface area contributed by atoms with Crippen LogP contribution in [0.4, 0.5) is 0 Å². The molecule has 0 saturated heterocycles. The van der Waals surface area contributed by atoms with Crippen LogP contribution in [0.1, 0.15) is 28.0 Å². The van der Waals surface area contributed by atoms with E-state index in [9.17, 15) is 19.2 Å². The highest BCUT2D eigenvalue weighted by atomic mass is 16.4. The summed E-state index contributed by atoms with van der Waals surface area (Å²) in [5.41, 5.74) is 8.53. The lowest BCUT2D eigenvalue weighted by Gasteiger charge is -2.16. The number of carbonyl (C=O) groups excluding carboxylic acids is 3. The SMILES string of the molecule is Cn1c(C(=O)c2cccc(CC(N)C(=O)NC(CC=O)C(=O)O)c2)cc2ccccc21. The molecule has 2 unspecified atom stereocenters. The maximum absolute atomic E-state index is 13.1. The van der Waals surface area contributed by atoms with Crippen LogP contribution in [-0.4, -0.2) is 45.7 Å². The molecule has 0 bridgehead atoms. The van der Waals surface area contributed by atoms with E-state index in [-0.39, 0.29) is 18.6 Å². The predicted octanol–water partition coefficient (Wildman–Crippen LogP) is 1.44. The second-order valence-corrected chi connectivity index (χ2v) is 7.29. The predicted molar refractivity (Wildman–Crippen MR) is 115 cm³/mol. The quantitative estimate of drug-likeness (QED) is 0.354. The van der Waals surface area contributed by atoms with Crippen LogP contribution in [0.15, 0.2) is 54.6 Å². The number of hydrogen-bond donors (Lipinski definition) is 3. The van der Waals surface area contributed by atoms with Gasteiger partial charge in [0.25, 0.3) is 0 Å². The fourth-order valence-electron chi connectivity index (χ4n) is 3.44. The first-order valence-electron chi connectivity index (χ1n) is 9.72. The monoisotopic (exact) mass is 421 g/mol. The van der Waals surface area contributed by atoms with Gasteiger partial charge in [-0.25, -0.2) is 4.79 Å². The van der Waals surface area contributed by atoms with Gasteiger partial charge in [-0.2, -0.15) is 0 Å². The molecular formula is C23H23N3O5. The summed E-state index contributed by atoms with van der Waals surface area (Å²) >= 11 is 0. The maximum atomic E-state index is 13.1. The zero-order valence-corrected chi connectivity index (χ0v) is 16.9. The first-order valence-corrected chi connectivity index (χ1v) is 9.72. The lowest BCUT2D eigenvalue weighted by Crippen LogP contribution is -2.49. The van der Waals surface area contributed by atoms with Crippen LogP contribution >= 0.6 is 0 Å². The summed E-state index contributed by atoms with van der Waals surface area (Å²) in [6.45, 7) is 0. The summed E-state index contributed by atoms with van der Waals surface area (Å²) in [4.78, 5) is 47.0. The van der Waals surface area contributed by atoms with Gasteiger partial charge in [0, 0.05) is 29.9 Å². The molecule has 0 fully saturated rings. The van der Waals surface area contributed by atoms with E-state index < -0.39 is 24.0 Å². The van der Waals surface area contributed by atoms with Crippen molar-refractivity contribution in [2.24, 2.45) is 12.8 Å². The number of benzene rings is 2. The molecule has 2 aromatic carbocycles. The number of carboxylic acid groups (broad SMARTS) is 1. The van der Waals surface area contributed by atoms with Gasteiger partial charge in [0.05, 0.1) is 11.7 Å². The number of ketones is 1. The van der Waals surface area contributed by atoms with Crippen molar-refractivity contribution in [3.8, 4) is 0 Å². The number of aromatic nitrogens is 1. The number of carboxylic acids is 1. The number of fused-ring (bicyclic) bond motifs is 1. The van der Waals surface area contributed by atoms with Gasteiger partial charge in [-0.1, -0.05) is 36.4 Å². The molecule has 31 heavy (non-hydrogen) atoms. The Labute approximate surface area is 178 Å². The molecule has 3 aromatic rings. The summed E-state index contributed by atoms with van der Waals surface area (Å²) in [7, 11) is 1.83. The van der Waals surface area contributed by atoms with Crippen molar-refractivity contribution >= 4 is 34.8 Å². The smallest absolute Gasteiger partial charge is 0.326 e. The van der Waals surface area contributed by atoms with Gasteiger partial charge in [0.15, 0.2) is 0 Å². The summed E-state index contributed by atoms with van der Waals surface area (Å²) in [5, 5.41) is 12.3. The largest absolute Gasteiger partial charge is 0.480 e. The fourth-order valence-corrected chi connectivity index (χ4v) is 3.44. The normalized spacial score (nSPS) is 12.8. The Balaban J connectivity index is 1.75. The highest BCUT2D eigenvalue weighted by molar-refractivity contribution is 6.10. The third-order valence-electron chi connectivity index (χ3n) is 5.11. The van der Waals surface area contributed by atoms with Crippen LogP contribution in [-0.2, 0) is 27.9 Å². The average Bonchev–Trinajstić information content (AvgIpc) is 3.09. The van der Waals surface area contributed by atoms with Crippen molar-refractivity contribution in [3.63, 3.8) is 0 Å². The maximum Gasteiger partial charge on any atom is 0.326 e. The minimum Gasteiger partial charge on any atom is -0.480 e. The Bertz CT molecular complexity index is 1150. The molecule has 0 radical (unpaired) electrons. The van der Waals surface area contributed by atoms with Gasteiger partial charge in [-0.3, -0.25) is 9.59 Å². The van der Waals surface area contributed by atoms with Crippen LogP contribution in [0.3, 0.4) is 0 Å². The number of para-hydroxylation sites is 1. The van der Waals surface area contributed by atoms with Crippen molar-refractivity contribution in [1.82, 2.24) is 9.88 Å². The Morgan fingerprint density at radius 3 is 2.55 bits per heavy atom. The Kier molecular flexibility index (Phi) is 6.61. The number of nitrogens with one attached hydrogen (secondary N) is 1. The van der Waals surface area contributed by atoms with Crippen molar-refractivity contribution in [3.05, 3.63) is 71.4 Å². The molecule has 1 amide bonds. The van der Waals surface area contributed by atoms with Gasteiger partial charge in [0.2, 0.25) is 11.7 Å². The molecule has 0 saturated carbocycles. The van der Waals surface area contributed by atoms with Crippen LogP contribution in [0.5, 0.6) is 0 Å². The number of carbonyl (C=O) groups is 4. The average molecular weight is 421 g/mol. The molecule has 3 rings (SSSR count). The van der Waals surface area contributed by atoms with Gasteiger partial charge in [0.1, 0.15) is 12.3 Å². The van der Waals surface area contributed by atoms with Crippen molar-refractivity contribution in [1.29, 1.82) is 0 Å². The number of hydrogen-bond acceptors (Lipinski definition) is 5. The lowest BCUT2D eigenvalue weighted by atomic mass is 10.00. The number of aryl methyl sites for hydroxylation is 1. The second kappa shape index (κ2) is 9.36. The molecule has 4 N–H and O–H groups in total. The van der Waals surface area contributed by atoms with E-state index in [4.69, 9.17) is 10.8 Å². The number of nitrogens with two attached hydrogens (primary N) is 1. The van der Waals surface area contributed by atoms with Crippen LogP contribution in [0, 0.1) is 0 Å². The zero-order chi connectivity index (χ0) is 22.5. The van der Waals surface area contributed by atoms with E-state index >= 15 is 0 Å². The number of rotatable bonds is 9. The van der Waals surface area contributed by atoms with E-state index in [1.54, 1.807) is 24.3 Å². The van der Waals surface area contributed by atoms with Gasteiger partial charge in [-0.05, 0) is 30.2 Å². The fraction of sp³-hybridized carbons (Fsp3) is 0.217. The van der Waals surface area contributed by atoms with Crippen molar-refractivity contribution in [2.45, 2.75) is 24.9 Å². The van der Waals surface area contributed by atoms with Crippen LogP contribution in [0.25, 0.3) is 10.9 Å². The van der Waals surface area contributed by atoms with E-state index in [2.05, 4.69) is 5.32 Å². The molecule has 1 heterocycles. The van der Waals surface area contributed by atoms with Gasteiger partial charge >= 0.3 is 5.97 Å². The molecule has 1 aromatic heterocycles. The van der Waals surface area contributed by atoms with Crippen LogP contribution < -0.4 is 11.1 Å². The van der Waals surface area contributed by atoms with Gasteiger partial charge in [-0.15, -0.1) is 0 Å². The number of amides is 1. The zero-order valence-electron chi connectivity index (χ0n) is 16.9. The number of aliphatic carboxylic acids is 1. The van der Waals surface area contributed by atoms with Crippen molar-refractivity contribution < 1.29 is 24.3 Å². The molecule has 0 aliphatic heterocycles. The van der Waals surface area contributed by atoms with E-state index in [1.165, 1.54) is 0 Å². The topological polar surface area (TPSA) is 131 Å². The molecule has 0 spiro atoms. The summed E-state index contributed by atoms with van der Waals surface area (Å²) in [5.74, 6) is -2.15. The summed E-state index contributed by atoms with van der Waals surface area (Å²) in [6.07, 6.45) is 0.185. The van der Waals surface area contributed by atoms with Crippen LogP contribution in [0.2, 0.25) is 0 Å². The Hall–Kier alpha value is -3.78. The Morgan fingerprint density at radius 1 is 1.13 bits per heavy atom. The standard InChI is InChI=1S/C23H23N3O5/c1-26-19-8-3-2-6-15(19)13-20(26)21(28)16-7-4-5-14(11-16)12-17(24)22(29)25-18(9-10-27)23(30)31/h2-8,10-11,13,17-18H,9,12,24H2,1H3,(H,25,29)(H,30,31). The molecule has 160 valence electrons. The third-order valence-corrected chi connectivity index (χ3v) is 5.11. The highest BCUT2D eigenvalue weighted by Crippen LogP contribution is 2.21. The van der Waals surface area contributed by atoms with E-state index in [0.29, 0.717) is 23.1 Å². The van der Waals surface area contributed by atoms with E-state index in [1.807, 2.05) is 41.9 Å². The molecular weight excluding hydrogens is 398 g/mol. The molecule has 2 atom stereocenters. The van der Waals surface area contributed by atoms with Crippen molar-refractivity contribution in [2.75, 3.05) is 0 Å². The highest BCUT2D eigenvalue weighted by Gasteiger charge is 2.23. The minimum absolute atomic E-state index is 0.107. The minimum atomic E-state index is -1.32.